The quantitative estimate of drug-likeness (QED) is 0.496. The van der Waals surface area contributed by atoms with E-state index >= 15 is 0 Å². The minimum Gasteiger partial charge on any atom is -0.507 e. The molecule has 0 unspecified atom stereocenters. The fraction of sp³-hybridized carbons (Fsp3) is 0.231. The Kier molecular flexibility index (Phi) is 5.16. The minimum atomic E-state index is -0.393. The van der Waals surface area contributed by atoms with Crippen LogP contribution in [0.4, 0.5) is 0 Å². The van der Waals surface area contributed by atoms with Crippen LogP contribution in [0.25, 0.3) is 6.08 Å². The van der Waals surface area contributed by atoms with Gasteiger partial charge in [-0.2, -0.15) is 5.26 Å². The fourth-order valence-corrected chi connectivity index (χ4v) is 1.81. The van der Waals surface area contributed by atoms with Gasteiger partial charge in [0.15, 0.2) is 0 Å². The van der Waals surface area contributed by atoms with Crippen LogP contribution in [-0.2, 0) is 4.79 Å². The smallest absolute Gasteiger partial charge is 0.262 e. The normalized spacial score (nSPS) is 11.2. The molecule has 1 rings (SSSR count). The van der Waals surface area contributed by atoms with Crippen molar-refractivity contribution in [3.63, 3.8) is 0 Å². The molecule has 0 fully saturated rings. The molecule has 0 aliphatic carbocycles. The van der Waals surface area contributed by atoms with E-state index in [1.165, 1.54) is 12.1 Å². The van der Waals surface area contributed by atoms with Crippen molar-refractivity contribution in [2.45, 2.75) is 19.9 Å². The van der Waals surface area contributed by atoms with E-state index in [4.69, 9.17) is 5.26 Å². The van der Waals surface area contributed by atoms with Gasteiger partial charge < -0.3 is 10.4 Å². The summed E-state index contributed by atoms with van der Waals surface area (Å²) < 4.78 is 0.669. The van der Waals surface area contributed by atoms with E-state index in [0.29, 0.717) is 9.13 Å². The molecule has 5 heteroatoms. The summed E-state index contributed by atoms with van der Waals surface area (Å²) in [6.45, 7) is 3.66. The fourth-order valence-electron chi connectivity index (χ4n) is 1.27. The topological polar surface area (TPSA) is 73.1 Å². The molecule has 0 radical (unpaired) electrons. The summed E-state index contributed by atoms with van der Waals surface area (Å²) in [7, 11) is 0. The van der Waals surface area contributed by atoms with E-state index in [2.05, 4.69) is 5.32 Å². The molecular weight excluding hydrogens is 343 g/mol. The van der Waals surface area contributed by atoms with Crippen LogP contribution >= 0.6 is 22.6 Å². The van der Waals surface area contributed by atoms with E-state index in [0.717, 1.165) is 0 Å². The molecule has 0 aliphatic rings. The molecule has 18 heavy (non-hydrogen) atoms. The van der Waals surface area contributed by atoms with Crippen molar-refractivity contribution in [1.29, 1.82) is 5.26 Å². The maximum atomic E-state index is 11.7. The predicted octanol–water partition coefficient (Wildman–Crippen LogP) is 2.43. The predicted molar refractivity (Wildman–Crippen MR) is 77.7 cm³/mol. The SMILES string of the molecule is CC(C)NC(=O)C(C#N)=Cc1ccc(O)c(I)c1. The van der Waals surface area contributed by atoms with Crippen molar-refractivity contribution in [3.8, 4) is 11.8 Å². The van der Waals surface area contributed by atoms with Crippen molar-refractivity contribution in [3.05, 3.63) is 32.9 Å². The maximum Gasteiger partial charge on any atom is 0.262 e. The molecule has 0 atom stereocenters. The molecule has 0 bridgehead atoms. The zero-order chi connectivity index (χ0) is 13.7. The zero-order valence-electron chi connectivity index (χ0n) is 10.1. The number of amides is 1. The Bertz CT molecular complexity index is 530. The molecule has 2 N–H and O–H groups in total. The van der Waals surface area contributed by atoms with Crippen molar-refractivity contribution in [2.24, 2.45) is 0 Å². The molecule has 1 aromatic carbocycles. The molecule has 0 aliphatic heterocycles. The Hall–Kier alpha value is -1.55. The summed E-state index contributed by atoms with van der Waals surface area (Å²) >= 11 is 1.98. The number of hydrogen-bond donors (Lipinski definition) is 2. The van der Waals surface area contributed by atoms with Crippen LogP contribution in [0.2, 0.25) is 0 Å². The first-order chi connectivity index (χ1) is 8.43. The highest BCUT2D eigenvalue weighted by molar-refractivity contribution is 14.1. The zero-order valence-corrected chi connectivity index (χ0v) is 12.2. The maximum absolute atomic E-state index is 11.7. The number of hydrogen-bond acceptors (Lipinski definition) is 3. The second kappa shape index (κ2) is 6.40. The molecule has 0 spiro atoms. The van der Waals surface area contributed by atoms with Gasteiger partial charge in [-0.05, 0) is 60.2 Å². The van der Waals surface area contributed by atoms with Gasteiger partial charge in [-0.25, -0.2) is 0 Å². The number of carbonyl (C=O) groups excluding carboxylic acids is 1. The summed E-state index contributed by atoms with van der Waals surface area (Å²) in [5.41, 5.74) is 0.748. The number of phenolic OH excluding ortho intramolecular Hbond substituents is 1. The second-order valence-corrected chi connectivity index (χ2v) is 5.17. The van der Waals surface area contributed by atoms with Gasteiger partial charge in [0.2, 0.25) is 0 Å². The van der Waals surface area contributed by atoms with E-state index in [1.54, 1.807) is 12.1 Å². The molecule has 0 saturated carbocycles. The lowest BCUT2D eigenvalue weighted by atomic mass is 10.1. The van der Waals surface area contributed by atoms with Gasteiger partial charge >= 0.3 is 0 Å². The Morgan fingerprint density at radius 3 is 2.72 bits per heavy atom. The van der Waals surface area contributed by atoms with Crippen molar-refractivity contribution in [2.75, 3.05) is 0 Å². The van der Waals surface area contributed by atoms with E-state index in [1.807, 2.05) is 42.5 Å². The average molecular weight is 356 g/mol. The molecule has 1 aromatic rings. The van der Waals surface area contributed by atoms with Crippen LogP contribution in [0.15, 0.2) is 23.8 Å². The monoisotopic (exact) mass is 356 g/mol. The highest BCUT2D eigenvalue weighted by Gasteiger charge is 2.10. The number of halogens is 1. The van der Waals surface area contributed by atoms with Crippen LogP contribution in [0.3, 0.4) is 0 Å². The third-order valence-corrected chi connectivity index (χ3v) is 2.93. The molecule has 0 aromatic heterocycles. The van der Waals surface area contributed by atoms with Crippen molar-refractivity contribution >= 4 is 34.6 Å². The summed E-state index contributed by atoms with van der Waals surface area (Å²) in [6.07, 6.45) is 1.50. The number of nitrogens with one attached hydrogen (secondary N) is 1. The molecule has 1 amide bonds. The van der Waals surface area contributed by atoms with Gasteiger partial charge in [0.1, 0.15) is 17.4 Å². The molecular formula is C13H13IN2O2. The second-order valence-electron chi connectivity index (χ2n) is 4.01. The molecule has 94 valence electrons. The van der Waals surface area contributed by atoms with E-state index < -0.39 is 5.91 Å². The highest BCUT2D eigenvalue weighted by atomic mass is 127. The lowest BCUT2D eigenvalue weighted by molar-refractivity contribution is -0.117. The largest absolute Gasteiger partial charge is 0.507 e. The summed E-state index contributed by atoms with van der Waals surface area (Å²) in [5, 5.41) is 21.0. The van der Waals surface area contributed by atoms with Crippen LogP contribution in [0.5, 0.6) is 5.75 Å². The lowest BCUT2D eigenvalue weighted by Gasteiger charge is -2.07. The van der Waals surface area contributed by atoms with Gasteiger partial charge in [0.25, 0.3) is 5.91 Å². The first-order valence-electron chi connectivity index (χ1n) is 5.35. The van der Waals surface area contributed by atoms with Crippen molar-refractivity contribution in [1.82, 2.24) is 5.32 Å². The first kappa shape index (κ1) is 14.5. The van der Waals surface area contributed by atoms with Crippen LogP contribution in [-0.4, -0.2) is 17.1 Å². The molecule has 0 heterocycles. The first-order valence-corrected chi connectivity index (χ1v) is 6.43. The highest BCUT2D eigenvalue weighted by Crippen LogP contribution is 2.21. The van der Waals surface area contributed by atoms with Crippen LogP contribution < -0.4 is 5.32 Å². The number of phenols is 1. The van der Waals surface area contributed by atoms with Gasteiger partial charge in [-0.1, -0.05) is 6.07 Å². The van der Waals surface area contributed by atoms with Gasteiger partial charge in [0.05, 0.1) is 3.57 Å². The number of rotatable bonds is 3. The number of benzene rings is 1. The lowest BCUT2D eigenvalue weighted by Crippen LogP contribution is -2.30. The Morgan fingerprint density at radius 2 is 2.22 bits per heavy atom. The van der Waals surface area contributed by atoms with Gasteiger partial charge in [0, 0.05) is 6.04 Å². The molecule has 4 nitrogen and oxygen atoms in total. The summed E-state index contributed by atoms with van der Waals surface area (Å²) in [6, 6.07) is 6.74. The number of nitriles is 1. The van der Waals surface area contributed by atoms with Gasteiger partial charge in [-0.3, -0.25) is 4.79 Å². The summed E-state index contributed by atoms with van der Waals surface area (Å²) in [4.78, 5) is 11.7. The Labute approximate surface area is 119 Å². The third kappa shape index (κ3) is 4.04. The van der Waals surface area contributed by atoms with Gasteiger partial charge in [-0.15, -0.1) is 0 Å². The average Bonchev–Trinajstić information content (AvgIpc) is 2.29. The van der Waals surface area contributed by atoms with E-state index in [-0.39, 0.29) is 17.4 Å². The third-order valence-electron chi connectivity index (χ3n) is 2.07. The number of aromatic hydroxyl groups is 1. The van der Waals surface area contributed by atoms with E-state index in [9.17, 15) is 9.90 Å². The Balaban J connectivity index is 3.01. The number of nitrogens with zero attached hydrogens (tertiary/aromatic N) is 1. The molecule has 0 saturated heterocycles. The summed E-state index contributed by atoms with van der Waals surface area (Å²) in [5.74, 6) is -0.214. The van der Waals surface area contributed by atoms with Crippen molar-refractivity contribution < 1.29 is 9.90 Å². The standard InChI is InChI=1S/C13H13IN2O2/c1-8(2)16-13(18)10(7-15)5-9-3-4-12(17)11(14)6-9/h3-6,8,17H,1-2H3,(H,16,18). The Morgan fingerprint density at radius 1 is 1.56 bits per heavy atom. The minimum absolute atomic E-state index is 0.0193. The van der Waals surface area contributed by atoms with Crippen LogP contribution in [0, 0.1) is 14.9 Å². The van der Waals surface area contributed by atoms with Crippen LogP contribution in [0.1, 0.15) is 19.4 Å². The number of carbonyl (C=O) groups is 1.